The molecule has 0 spiro atoms. The molecule has 1 saturated heterocycles. The van der Waals surface area contributed by atoms with Gasteiger partial charge in [0.15, 0.2) is 0 Å². The third kappa shape index (κ3) is 9.56. The van der Waals surface area contributed by atoms with E-state index in [-0.39, 0.29) is 11.8 Å². The average Bonchev–Trinajstić information content (AvgIpc) is 3.52. The fourth-order valence-corrected chi connectivity index (χ4v) is 4.59. The first kappa shape index (κ1) is 26.9. The van der Waals surface area contributed by atoms with Crippen molar-refractivity contribution in [3.63, 3.8) is 0 Å². The van der Waals surface area contributed by atoms with E-state index < -0.39 is 6.04 Å². The van der Waals surface area contributed by atoms with Crippen molar-refractivity contribution >= 4 is 40.5 Å². The average molecular weight is 486 g/mol. The van der Waals surface area contributed by atoms with Gasteiger partial charge in [-0.2, -0.15) is 11.3 Å². The first-order valence-electron chi connectivity index (χ1n) is 11.5. The van der Waals surface area contributed by atoms with Crippen LogP contribution in [0.1, 0.15) is 56.3 Å². The quantitative estimate of drug-likeness (QED) is 0.161. The standard InChI is InChI=1S/C26H35N3O2S2/c1-4-6-7-12-22(13-9-8-11-21(3)33-20-27-5-2)18-28-25(30)24-14-10-16-29(24)26(31)23-15-17-32-19-23/h6-9,13,15,17,19-20,24H,3-5,10-12,14,16,18H2,1-2H3,(H,28,30)/b7-6?,9-8+,22-13+,27-20?. The zero-order chi connectivity index (χ0) is 23.9. The number of carbonyl (C=O) groups is 2. The molecule has 5 nitrogen and oxygen atoms in total. The summed E-state index contributed by atoms with van der Waals surface area (Å²) >= 11 is 3.04. The minimum Gasteiger partial charge on any atom is -0.351 e. The monoisotopic (exact) mass is 485 g/mol. The molecule has 1 aromatic rings. The zero-order valence-corrected chi connectivity index (χ0v) is 21.3. The van der Waals surface area contributed by atoms with Crippen molar-refractivity contribution in [1.29, 1.82) is 0 Å². The molecular formula is C26H35N3O2S2. The van der Waals surface area contributed by atoms with E-state index in [0.29, 0.717) is 25.1 Å². The molecule has 7 heteroatoms. The Bertz CT molecular complexity index is 885. The van der Waals surface area contributed by atoms with Gasteiger partial charge in [-0.3, -0.25) is 14.6 Å². The molecule has 1 atom stereocenters. The Morgan fingerprint density at radius 1 is 1.30 bits per heavy atom. The number of likely N-dealkylation sites (tertiary alicyclic amines) is 1. The first-order chi connectivity index (χ1) is 16.1. The van der Waals surface area contributed by atoms with Crippen LogP contribution in [-0.2, 0) is 4.79 Å². The third-order valence-corrected chi connectivity index (χ3v) is 6.58. The summed E-state index contributed by atoms with van der Waals surface area (Å²) in [5, 5.41) is 6.79. The number of aliphatic imine (C=N–C) groups is 1. The van der Waals surface area contributed by atoms with Crippen LogP contribution in [0.25, 0.3) is 0 Å². The highest BCUT2D eigenvalue weighted by molar-refractivity contribution is 8.15. The van der Waals surface area contributed by atoms with Gasteiger partial charge in [0.25, 0.3) is 5.91 Å². The lowest BCUT2D eigenvalue weighted by Crippen LogP contribution is -2.46. The van der Waals surface area contributed by atoms with E-state index in [1.165, 1.54) is 11.3 Å². The van der Waals surface area contributed by atoms with Gasteiger partial charge in [0, 0.05) is 25.0 Å². The molecule has 0 bridgehead atoms. The van der Waals surface area contributed by atoms with Gasteiger partial charge in [0.05, 0.1) is 11.1 Å². The van der Waals surface area contributed by atoms with Gasteiger partial charge in [-0.15, -0.1) is 0 Å². The third-order valence-electron chi connectivity index (χ3n) is 5.15. The molecule has 0 aromatic carbocycles. The Morgan fingerprint density at radius 2 is 2.15 bits per heavy atom. The summed E-state index contributed by atoms with van der Waals surface area (Å²) in [5.41, 5.74) is 3.61. The fraction of sp³-hybridized carbons (Fsp3) is 0.423. The molecule has 0 aliphatic carbocycles. The number of thiophene rings is 1. The van der Waals surface area contributed by atoms with Crippen LogP contribution in [0, 0.1) is 0 Å². The molecule has 1 unspecified atom stereocenters. The van der Waals surface area contributed by atoms with Crippen LogP contribution in [-0.4, -0.2) is 47.9 Å². The zero-order valence-electron chi connectivity index (χ0n) is 19.7. The van der Waals surface area contributed by atoms with Crippen molar-refractivity contribution in [2.45, 2.75) is 52.0 Å². The first-order valence-corrected chi connectivity index (χ1v) is 13.3. The van der Waals surface area contributed by atoms with Crippen molar-refractivity contribution < 1.29 is 9.59 Å². The maximum atomic E-state index is 12.9. The van der Waals surface area contributed by atoms with E-state index in [1.807, 2.05) is 35.4 Å². The lowest BCUT2D eigenvalue weighted by atomic mass is 10.1. The van der Waals surface area contributed by atoms with Crippen molar-refractivity contribution in [2.75, 3.05) is 19.6 Å². The van der Waals surface area contributed by atoms with E-state index in [2.05, 4.69) is 48.1 Å². The summed E-state index contributed by atoms with van der Waals surface area (Å²) in [6, 6.07) is 1.42. The molecule has 0 saturated carbocycles. The number of hydrogen-bond acceptors (Lipinski definition) is 5. The van der Waals surface area contributed by atoms with Crippen LogP contribution in [0.4, 0.5) is 0 Å². The topological polar surface area (TPSA) is 61.8 Å². The Hall–Kier alpha value is -2.38. The van der Waals surface area contributed by atoms with Gasteiger partial charge >= 0.3 is 0 Å². The van der Waals surface area contributed by atoms with E-state index in [4.69, 9.17) is 0 Å². The smallest absolute Gasteiger partial charge is 0.255 e. The number of allylic oxidation sites excluding steroid dienone is 6. The largest absolute Gasteiger partial charge is 0.351 e. The van der Waals surface area contributed by atoms with Crippen LogP contribution in [0.2, 0.25) is 0 Å². The highest BCUT2D eigenvalue weighted by atomic mass is 32.2. The normalized spacial score (nSPS) is 17.0. The van der Waals surface area contributed by atoms with E-state index in [9.17, 15) is 9.59 Å². The van der Waals surface area contributed by atoms with Crippen molar-refractivity contribution in [1.82, 2.24) is 10.2 Å². The number of nitrogens with zero attached hydrogens (tertiary/aromatic N) is 2. The molecule has 178 valence electrons. The Kier molecular flexibility index (Phi) is 12.6. The maximum absolute atomic E-state index is 12.9. The number of hydrogen-bond donors (Lipinski definition) is 1. The van der Waals surface area contributed by atoms with E-state index in [0.717, 1.165) is 42.7 Å². The molecule has 2 amide bonds. The van der Waals surface area contributed by atoms with Crippen LogP contribution < -0.4 is 5.32 Å². The van der Waals surface area contributed by atoms with Crippen LogP contribution >= 0.6 is 23.1 Å². The summed E-state index contributed by atoms with van der Waals surface area (Å²) < 4.78 is 0. The van der Waals surface area contributed by atoms with E-state index >= 15 is 0 Å². The summed E-state index contributed by atoms with van der Waals surface area (Å²) in [6.45, 7) is 10.0. The Balaban J connectivity index is 1.93. The number of thioether (sulfide) groups is 1. The van der Waals surface area contributed by atoms with Gasteiger partial charge in [-0.25, -0.2) is 0 Å². The SMILES string of the molecule is C=C(C/C=C/C=C(\CC=CCC)CNC(=O)C1CCCN1C(=O)c1ccsc1)SC=NCC. The van der Waals surface area contributed by atoms with Gasteiger partial charge in [-0.1, -0.05) is 55.6 Å². The second-order valence-electron chi connectivity index (χ2n) is 7.69. The lowest BCUT2D eigenvalue weighted by Gasteiger charge is -2.23. The molecule has 1 N–H and O–H groups in total. The minimum atomic E-state index is -0.398. The highest BCUT2D eigenvalue weighted by Crippen LogP contribution is 2.21. The predicted octanol–water partition coefficient (Wildman–Crippen LogP) is 5.99. The second-order valence-corrected chi connectivity index (χ2v) is 9.49. The molecule has 1 aliphatic heterocycles. The summed E-state index contributed by atoms with van der Waals surface area (Å²) in [4.78, 5) is 32.6. The van der Waals surface area contributed by atoms with Gasteiger partial charge in [0.2, 0.25) is 5.91 Å². The number of rotatable bonds is 13. The van der Waals surface area contributed by atoms with Gasteiger partial charge < -0.3 is 10.2 Å². The summed E-state index contributed by atoms with van der Waals surface area (Å²) in [7, 11) is 0. The van der Waals surface area contributed by atoms with Crippen LogP contribution in [0.15, 0.2) is 69.3 Å². The molecular weight excluding hydrogens is 450 g/mol. The van der Waals surface area contributed by atoms with Crippen molar-refractivity contribution in [3.05, 3.63) is 69.8 Å². The summed E-state index contributed by atoms with van der Waals surface area (Å²) in [5.74, 6) is -0.133. The highest BCUT2D eigenvalue weighted by Gasteiger charge is 2.34. The molecule has 0 radical (unpaired) electrons. The lowest BCUT2D eigenvalue weighted by molar-refractivity contribution is -0.124. The molecule has 33 heavy (non-hydrogen) atoms. The predicted molar refractivity (Wildman–Crippen MR) is 143 cm³/mol. The number of nitrogens with one attached hydrogen (secondary N) is 1. The van der Waals surface area contributed by atoms with Crippen molar-refractivity contribution in [3.8, 4) is 0 Å². The van der Waals surface area contributed by atoms with Crippen LogP contribution in [0.3, 0.4) is 0 Å². The van der Waals surface area contributed by atoms with E-state index in [1.54, 1.807) is 16.7 Å². The van der Waals surface area contributed by atoms with Crippen LogP contribution in [0.5, 0.6) is 0 Å². The number of carbonyl (C=O) groups excluding carboxylic acids is 2. The minimum absolute atomic E-state index is 0.0550. The Labute approximate surface area is 206 Å². The van der Waals surface area contributed by atoms with Gasteiger partial charge in [-0.05, 0) is 61.0 Å². The molecule has 1 aliphatic rings. The molecule has 1 fully saturated rings. The maximum Gasteiger partial charge on any atom is 0.255 e. The Morgan fingerprint density at radius 3 is 2.88 bits per heavy atom. The molecule has 1 aromatic heterocycles. The second kappa shape index (κ2) is 15.5. The molecule has 2 heterocycles. The summed E-state index contributed by atoms with van der Waals surface area (Å²) in [6.07, 6.45) is 14.5. The molecule has 2 rings (SSSR count). The number of amides is 2. The fourth-order valence-electron chi connectivity index (χ4n) is 3.39. The van der Waals surface area contributed by atoms with Crippen molar-refractivity contribution in [2.24, 2.45) is 4.99 Å². The van der Waals surface area contributed by atoms with Gasteiger partial charge in [0.1, 0.15) is 6.04 Å².